The third kappa shape index (κ3) is 7.70. The first-order valence-corrected chi connectivity index (χ1v) is 7.95. The maximum atomic E-state index is 13.8. The van der Waals surface area contributed by atoms with E-state index in [0.29, 0.717) is 18.7 Å². The Morgan fingerprint density at radius 3 is 2.42 bits per heavy atom. The van der Waals surface area contributed by atoms with Crippen molar-refractivity contribution < 1.29 is 9.18 Å². The summed E-state index contributed by atoms with van der Waals surface area (Å²) in [5, 5.41) is 2.84. The number of nitrogens with one attached hydrogen (secondary N) is 1. The standard InChI is InChI=1S/C19H24FN3O.2ClH/c1-23(2)13-16-10-14(8-9-17(16)20)12-22-19(24)11-18(21)15-6-4-3-5-7-15;;/h3-10,18H,11-13,21H2,1-2H3,(H,22,24);2*1H. The summed E-state index contributed by atoms with van der Waals surface area (Å²) in [6.45, 7) is 0.882. The van der Waals surface area contributed by atoms with Crippen LogP contribution in [0.1, 0.15) is 29.2 Å². The Morgan fingerprint density at radius 2 is 1.81 bits per heavy atom. The van der Waals surface area contributed by atoms with E-state index < -0.39 is 0 Å². The first-order chi connectivity index (χ1) is 11.5. The molecule has 1 atom stereocenters. The number of nitrogens with two attached hydrogens (primary N) is 1. The number of amides is 1. The SMILES string of the molecule is CN(C)Cc1cc(CNC(=O)CC(N)c2ccccc2)ccc1F.Cl.Cl. The molecular weight excluding hydrogens is 376 g/mol. The zero-order valence-electron chi connectivity index (χ0n) is 14.9. The predicted molar refractivity (Wildman–Crippen MR) is 108 cm³/mol. The topological polar surface area (TPSA) is 58.4 Å². The maximum absolute atomic E-state index is 13.8. The van der Waals surface area contributed by atoms with E-state index in [2.05, 4.69) is 5.32 Å². The number of halogens is 3. The molecule has 0 radical (unpaired) electrons. The summed E-state index contributed by atoms with van der Waals surface area (Å²) in [6.07, 6.45) is 0.218. The maximum Gasteiger partial charge on any atom is 0.222 e. The normalized spacial score (nSPS) is 11.3. The zero-order chi connectivity index (χ0) is 17.5. The van der Waals surface area contributed by atoms with E-state index in [9.17, 15) is 9.18 Å². The highest BCUT2D eigenvalue weighted by Gasteiger charge is 2.11. The van der Waals surface area contributed by atoms with Crippen molar-refractivity contribution >= 4 is 30.7 Å². The van der Waals surface area contributed by atoms with Crippen LogP contribution in [0, 0.1) is 5.82 Å². The fourth-order valence-corrected chi connectivity index (χ4v) is 2.49. The van der Waals surface area contributed by atoms with Crippen molar-refractivity contribution in [2.75, 3.05) is 14.1 Å². The molecule has 0 aromatic heterocycles. The molecule has 0 spiro atoms. The lowest BCUT2D eigenvalue weighted by molar-refractivity contribution is -0.121. The van der Waals surface area contributed by atoms with E-state index in [-0.39, 0.29) is 49.0 Å². The lowest BCUT2D eigenvalue weighted by Gasteiger charge is -2.14. The number of benzene rings is 2. The monoisotopic (exact) mass is 401 g/mol. The minimum Gasteiger partial charge on any atom is -0.352 e. The van der Waals surface area contributed by atoms with Gasteiger partial charge in [-0.2, -0.15) is 0 Å². The van der Waals surface area contributed by atoms with Crippen LogP contribution in [0.4, 0.5) is 4.39 Å². The highest BCUT2D eigenvalue weighted by atomic mass is 35.5. The van der Waals surface area contributed by atoms with E-state index in [1.165, 1.54) is 6.07 Å². The molecule has 0 saturated carbocycles. The molecular formula is C19H26Cl2FN3O. The van der Waals surface area contributed by atoms with E-state index in [1.807, 2.05) is 49.3 Å². The van der Waals surface area contributed by atoms with Crippen molar-refractivity contribution in [1.82, 2.24) is 10.2 Å². The van der Waals surface area contributed by atoms with Crippen LogP contribution in [-0.4, -0.2) is 24.9 Å². The summed E-state index contributed by atoms with van der Waals surface area (Å²) in [5.41, 5.74) is 8.47. The van der Waals surface area contributed by atoms with Gasteiger partial charge in [0.1, 0.15) is 5.82 Å². The van der Waals surface area contributed by atoms with Crippen molar-refractivity contribution in [2.24, 2.45) is 5.73 Å². The summed E-state index contributed by atoms with van der Waals surface area (Å²) < 4.78 is 13.8. The van der Waals surface area contributed by atoms with Gasteiger partial charge in [0, 0.05) is 31.1 Å². The third-order valence-electron chi connectivity index (χ3n) is 3.72. The second-order valence-electron chi connectivity index (χ2n) is 6.16. The molecule has 144 valence electrons. The number of hydrogen-bond acceptors (Lipinski definition) is 3. The molecule has 0 aliphatic rings. The summed E-state index contributed by atoms with van der Waals surface area (Å²) in [7, 11) is 3.78. The number of rotatable bonds is 7. The highest BCUT2D eigenvalue weighted by Crippen LogP contribution is 2.14. The average Bonchev–Trinajstić information content (AvgIpc) is 2.56. The fraction of sp³-hybridized carbons (Fsp3) is 0.316. The molecule has 0 bridgehead atoms. The Labute approximate surface area is 166 Å². The van der Waals surface area contributed by atoms with Gasteiger partial charge >= 0.3 is 0 Å². The van der Waals surface area contributed by atoms with Gasteiger partial charge in [0.15, 0.2) is 0 Å². The lowest BCUT2D eigenvalue weighted by atomic mass is 10.0. The van der Waals surface area contributed by atoms with Gasteiger partial charge in [-0.15, -0.1) is 24.8 Å². The molecule has 0 saturated heterocycles. The molecule has 1 unspecified atom stereocenters. The van der Waals surface area contributed by atoms with Gasteiger partial charge in [-0.25, -0.2) is 4.39 Å². The molecule has 4 nitrogen and oxygen atoms in total. The van der Waals surface area contributed by atoms with Gasteiger partial charge in [-0.3, -0.25) is 4.79 Å². The summed E-state index contributed by atoms with van der Waals surface area (Å²) in [4.78, 5) is 14.0. The first-order valence-electron chi connectivity index (χ1n) is 7.95. The number of carbonyl (C=O) groups excluding carboxylic acids is 1. The lowest BCUT2D eigenvalue weighted by Crippen LogP contribution is -2.27. The van der Waals surface area contributed by atoms with Crippen LogP contribution in [0.15, 0.2) is 48.5 Å². The Bertz CT molecular complexity index is 684. The summed E-state index contributed by atoms with van der Waals surface area (Å²) in [5.74, 6) is -0.352. The second-order valence-corrected chi connectivity index (χ2v) is 6.16. The van der Waals surface area contributed by atoms with Gasteiger partial charge in [0.25, 0.3) is 0 Å². The van der Waals surface area contributed by atoms with Crippen molar-refractivity contribution in [3.63, 3.8) is 0 Å². The van der Waals surface area contributed by atoms with Crippen LogP contribution in [0.5, 0.6) is 0 Å². The van der Waals surface area contributed by atoms with Crippen LogP contribution in [0.25, 0.3) is 0 Å². The number of hydrogen-bond donors (Lipinski definition) is 2. The van der Waals surface area contributed by atoms with Gasteiger partial charge < -0.3 is 16.0 Å². The van der Waals surface area contributed by atoms with Crippen LogP contribution in [0.3, 0.4) is 0 Å². The zero-order valence-corrected chi connectivity index (χ0v) is 16.6. The van der Waals surface area contributed by atoms with Crippen molar-refractivity contribution in [3.05, 3.63) is 71.0 Å². The molecule has 7 heteroatoms. The van der Waals surface area contributed by atoms with Crippen molar-refractivity contribution in [3.8, 4) is 0 Å². The molecule has 0 aliphatic heterocycles. The van der Waals surface area contributed by atoms with Crippen molar-refractivity contribution in [1.29, 1.82) is 0 Å². The minimum atomic E-state index is -0.330. The Balaban J connectivity index is 0.00000312. The molecule has 2 rings (SSSR count). The van der Waals surface area contributed by atoms with E-state index >= 15 is 0 Å². The van der Waals surface area contributed by atoms with Crippen LogP contribution in [0.2, 0.25) is 0 Å². The molecule has 1 amide bonds. The summed E-state index contributed by atoms with van der Waals surface area (Å²) in [6, 6.07) is 14.1. The van der Waals surface area contributed by atoms with E-state index in [0.717, 1.165) is 11.1 Å². The molecule has 0 heterocycles. The quantitative estimate of drug-likeness (QED) is 0.746. The van der Waals surface area contributed by atoms with E-state index in [4.69, 9.17) is 5.73 Å². The first kappa shape index (κ1) is 24.3. The van der Waals surface area contributed by atoms with Gasteiger partial charge in [-0.05, 0) is 37.4 Å². The average molecular weight is 402 g/mol. The number of nitrogens with zero attached hydrogens (tertiary/aromatic N) is 1. The Morgan fingerprint density at radius 1 is 1.15 bits per heavy atom. The van der Waals surface area contributed by atoms with Gasteiger partial charge in [0.05, 0.1) is 0 Å². The molecule has 2 aromatic rings. The third-order valence-corrected chi connectivity index (χ3v) is 3.72. The van der Waals surface area contributed by atoms with Crippen LogP contribution >= 0.6 is 24.8 Å². The Hall–Kier alpha value is -1.66. The molecule has 0 aliphatic carbocycles. The van der Waals surface area contributed by atoms with Crippen LogP contribution < -0.4 is 11.1 Å². The second kappa shape index (κ2) is 11.9. The fourth-order valence-electron chi connectivity index (χ4n) is 2.49. The smallest absolute Gasteiger partial charge is 0.222 e. The largest absolute Gasteiger partial charge is 0.352 e. The van der Waals surface area contributed by atoms with Crippen molar-refractivity contribution in [2.45, 2.75) is 25.6 Å². The van der Waals surface area contributed by atoms with Gasteiger partial charge in [0.2, 0.25) is 5.91 Å². The van der Waals surface area contributed by atoms with Gasteiger partial charge in [-0.1, -0.05) is 36.4 Å². The Kier molecular flexibility index (Phi) is 11.1. The van der Waals surface area contributed by atoms with E-state index in [1.54, 1.807) is 12.1 Å². The highest BCUT2D eigenvalue weighted by molar-refractivity contribution is 5.85. The molecule has 0 fully saturated rings. The number of carbonyl (C=O) groups is 1. The van der Waals surface area contributed by atoms with Crippen LogP contribution in [-0.2, 0) is 17.9 Å². The molecule has 26 heavy (non-hydrogen) atoms. The predicted octanol–water partition coefficient (Wildman–Crippen LogP) is 3.44. The summed E-state index contributed by atoms with van der Waals surface area (Å²) >= 11 is 0. The molecule has 2 aromatic carbocycles. The minimum absolute atomic E-state index is 0. The molecule has 3 N–H and O–H groups in total.